The van der Waals surface area contributed by atoms with Crippen molar-refractivity contribution >= 4 is 0 Å². The van der Waals surface area contributed by atoms with E-state index < -0.39 is 12.4 Å². The van der Waals surface area contributed by atoms with Gasteiger partial charge in [0.05, 0.1) is 6.10 Å². The van der Waals surface area contributed by atoms with Gasteiger partial charge in [-0.3, -0.25) is 0 Å². The number of aliphatic hydroxyl groups is 2. The molecule has 0 aromatic carbocycles. The van der Waals surface area contributed by atoms with Crippen LogP contribution in [0.4, 0.5) is 0 Å². The van der Waals surface area contributed by atoms with Gasteiger partial charge in [-0.15, -0.1) is 0 Å². The van der Waals surface area contributed by atoms with E-state index in [1.807, 2.05) is 13.8 Å². The molecule has 0 aromatic heterocycles. The van der Waals surface area contributed by atoms with Crippen molar-refractivity contribution in [2.75, 3.05) is 6.61 Å². The van der Waals surface area contributed by atoms with E-state index in [-0.39, 0.29) is 5.92 Å². The van der Waals surface area contributed by atoms with Gasteiger partial charge in [-0.05, 0) is 19.3 Å². The third kappa shape index (κ3) is 6.13. The standard InChI is InChI=1S/C12H26O3/c1-4-7-9-15-12(14)10(6-3)11(13)8-5-2/h10-14H,4-9H2,1-3H3. The quantitative estimate of drug-likeness (QED) is 0.461. The van der Waals surface area contributed by atoms with Crippen molar-refractivity contribution in [3.8, 4) is 0 Å². The highest BCUT2D eigenvalue weighted by Crippen LogP contribution is 2.18. The summed E-state index contributed by atoms with van der Waals surface area (Å²) in [4.78, 5) is 0. The van der Waals surface area contributed by atoms with E-state index in [1.54, 1.807) is 0 Å². The van der Waals surface area contributed by atoms with Gasteiger partial charge in [0.1, 0.15) is 0 Å². The van der Waals surface area contributed by atoms with Gasteiger partial charge < -0.3 is 14.9 Å². The second-order valence-electron chi connectivity index (χ2n) is 4.04. The Bertz CT molecular complexity index is 139. The molecule has 0 aliphatic carbocycles. The maximum Gasteiger partial charge on any atom is 0.159 e. The Morgan fingerprint density at radius 2 is 1.73 bits per heavy atom. The number of ether oxygens (including phenoxy) is 1. The molecule has 15 heavy (non-hydrogen) atoms. The van der Waals surface area contributed by atoms with Gasteiger partial charge in [0.15, 0.2) is 6.29 Å². The molecule has 0 radical (unpaired) electrons. The van der Waals surface area contributed by atoms with Crippen molar-refractivity contribution in [3.05, 3.63) is 0 Å². The van der Waals surface area contributed by atoms with Gasteiger partial charge in [0, 0.05) is 12.5 Å². The van der Waals surface area contributed by atoms with E-state index in [4.69, 9.17) is 4.74 Å². The lowest BCUT2D eigenvalue weighted by Gasteiger charge is -2.26. The average Bonchev–Trinajstić information content (AvgIpc) is 2.19. The molecule has 0 amide bonds. The van der Waals surface area contributed by atoms with Gasteiger partial charge in [-0.25, -0.2) is 0 Å². The van der Waals surface area contributed by atoms with Crippen molar-refractivity contribution in [3.63, 3.8) is 0 Å². The van der Waals surface area contributed by atoms with Crippen molar-refractivity contribution in [2.45, 2.75) is 65.3 Å². The lowest BCUT2D eigenvalue weighted by Crippen LogP contribution is -2.33. The minimum absolute atomic E-state index is 0.151. The van der Waals surface area contributed by atoms with Crippen molar-refractivity contribution in [1.82, 2.24) is 0 Å². The monoisotopic (exact) mass is 218 g/mol. The molecule has 0 saturated heterocycles. The van der Waals surface area contributed by atoms with Crippen molar-refractivity contribution in [1.29, 1.82) is 0 Å². The van der Waals surface area contributed by atoms with Gasteiger partial charge in [-0.1, -0.05) is 33.6 Å². The van der Waals surface area contributed by atoms with Crippen LogP contribution >= 0.6 is 0 Å². The summed E-state index contributed by atoms with van der Waals surface area (Å²) in [6, 6.07) is 0. The first-order valence-electron chi connectivity index (χ1n) is 6.15. The molecular weight excluding hydrogens is 192 g/mol. The molecule has 3 heteroatoms. The summed E-state index contributed by atoms with van der Waals surface area (Å²) >= 11 is 0. The molecule has 0 aromatic rings. The van der Waals surface area contributed by atoms with E-state index in [0.717, 1.165) is 32.1 Å². The van der Waals surface area contributed by atoms with Gasteiger partial charge in [-0.2, -0.15) is 0 Å². The van der Waals surface area contributed by atoms with E-state index in [2.05, 4.69) is 6.92 Å². The van der Waals surface area contributed by atoms with Crippen LogP contribution in [0.2, 0.25) is 0 Å². The largest absolute Gasteiger partial charge is 0.393 e. The lowest BCUT2D eigenvalue weighted by atomic mass is 9.95. The Labute approximate surface area is 93.5 Å². The number of unbranched alkanes of at least 4 members (excludes halogenated alkanes) is 1. The zero-order valence-corrected chi connectivity index (χ0v) is 10.3. The second kappa shape index (κ2) is 9.13. The summed E-state index contributed by atoms with van der Waals surface area (Å²) in [5.74, 6) is -0.151. The highest BCUT2D eigenvalue weighted by Gasteiger charge is 2.25. The normalized spacial score (nSPS) is 17.4. The maximum atomic E-state index is 9.80. The topological polar surface area (TPSA) is 49.7 Å². The summed E-state index contributed by atoms with van der Waals surface area (Å²) in [5, 5.41) is 19.5. The minimum atomic E-state index is -0.817. The maximum absolute atomic E-state index is 9.80. The molecule has 2 N–H and O–H groups in total. The van der Waals surface area contributed by atoms with Crippen molar-refractivity contribution < 1.29 is 14.9 Å². The minimum Gasteiger partial charge on any atom is -0.393 e. The molecule has 3 nitrogen and oxygen atoms in total. The van der Waals surface area contributed by atoms with Crippen LogP contribution in [0.25, 0.3) is 0 Å². The summed E-state index contributed by atoms with van der Waals surface area (Å²) in [5.41, 5.74) is 0. The van der Waals surface area contributed by atoms with Crippen LogP contribution in [-0.2, 0) is 4.74 Å². The second-order valence-corrected chi connectivity index (χ2v) is 4.04. The van der Waals surface area contributed by atoms with Gasteiger partial charge in [0.25, 0.3) is 0 Å². The summed E-state index contributed by atoms with van der Waals surface area (Å²) < 4.78 is 5.30. The first kappa shape index (κ1) is 14.9. The van der Waals surface area contributed by atoms with Gasteiger partial charge in [0.2, 0.25) is 0 Å². The SMILES string of the molecule is CCCCOC(O)C(CC)C(O)CCC. The van der Waals surface area contributed by atoms with Crippen LogP contribution in [0.1, 0.15) is 52.9 Å². The Balaban J connectivity index is 3.91. The average molecular weight is 218 g/mol. The van der Waals surface area contributed by atoms with Gasteiger partial charge >= 0.3 is 0 Å². The number of aliphatic hydroxyl groups excluding tert-OH is 2. The third-order valence-electron chi connectivity index (χ3n) is 2.70. The number of hydrogen-bond donors (Lipinski definition) is 2. The van der Waals surface area contributed by atoms with Crippen LogP contribution in [0.15, 0.2) is 0 Å². The predicted molar refractivity (Wildman–Crippen MR) is 61.6 cm³/mol. The van der Waals surface area contributed by atoms with Crippen LogP contribution in [0.3, 0.4) is 0 Å². The molecule has 0 saturated carbocycles. The van der Waals surface area contributed by atoms with Crippen LogP contribution in [0.5, 0.6) is 0 Å². The molecule has 0 fully saturated rings. The number of rotatable bonds is 9. The summed E-state index contributed by atoms with van der Waals surface area (Å²) in [6.45, 7) is 6.65. The van der Waals surface area contributed by atoms with Crippen molar-refractivity contribution in [2.24, 2.45) is 5.92 Å². The molecule has 0 aliphatic rings. The molecule has 92 valence electrons. The van der Waals surface area contributed by atoms with E-state index in [9.17, 15) is 10.2 Å². The molecule has 0 bridgehead atoms. The van der Waals surface area contributed by atoms with E-state index in [0.29, 0.717) is 6.61 Å². The van der Waals surface area contributed by atoms with Crippen LogP contribution < -0.4 is 0 Å². The first-order valence-corrected chi connectivity index (χ1v) is 6.15. The summed E-state index contributed by atoms with van der Waals surface area (Å²) in [7, 11) is 0. The predicted octanol–water partition coefficient (Wildman–Crippen LogP) is 2.31. The third-order valence-corrected chi connectivity index (χ3v) is 2.70. The molecule has 0 heterocycles. The highest BCUT2D eigenvalue weighted by molar-refractivity contribution is 4.69. The lowest BCUT2D eigenvalue weighted by molar-refractivity contribution is -0.160. The Morgan fingerprint density at radius 3 is 2.20 bits per heavy atom. The Morgan fingerprint density at radius 1 is 1.07 bits per heavy atom. The first-order chi connectivity index (χ1) is 7.17. The highest BCUT2D eigenvalue weighted by atomic mass is 16.6. The van der Waals surface area contributed by atoms with Crippen LogP contribution in [0, 0.1) is 5.92 Å². The molecule has 3 unspecified atom stereocenters. The fourth-order valence-corrected chi connectivity index (χ4v) is 1.65. The summed E-state index contributed by atoms with van der Waals surface area (Å²) in [6.07, 6.45) is 3.15. The van der Waals surface area contributed by atoms with E-state index in [1.165, 1.54) is 0 Å². The molecule has 0 rings (SSSR count). The number of hydrogen-bond acceptors (Lipinski definition) is 3. The molecule has 0 spiro atoms. The molecule has 0 aliphatic heterocycles. The van der Waals surface area contributed by atoms with Crippen LogP contribution in [-0.4, -0.2) is 29.2 Å². The Kier molecular flexibility index (Phi) is 9.06. The van der Waals surface area contributed by atoms with E-state index >= 15 is 0 Å². The fraction of sp³-hybridized carbons (Fsp3) is 1.00. The smallest absolute Gasteiger partial charge is 0.159 e. The fourth-order valence-electron chi connectivity index (χ4n) is 1.65. The Hall–Kier alpha value is -0.120. The zero-order valence-electron chi connectivity index (χ0n) is 10.3. The zero-order chi connectivity index (χ0) is 11.7. The molecule has 3 atom stereocenters. The molecular formula is C12H26O3.